The molecule has 0 heterocycles. The number of hydrogen-bond acceptors (Lipinski definition) is 6. The second-order valence-electron chi connectivity index (χ2n) is 20.2. The zero-order valence-electron chi connectivity index (χ0n) is 47.0. The van der Waals surface area contributed by atoms with Crippen molar-refractivity contribution in [3.05, 3.63) is 72.9 Å². The van der Waals surface area contributed by atoms with Gasteiger partial charge in [0.25, 0.3) is 0 Å². The highest BCUT2D eigenvalue weighted by molar-refractivity contribution is 5.71. The van der Waals surface area contributed by atoms with Crippen LogP contribution >= 0.6 is 0 Å². The first-order valence-electron chi connectivity index (χ1n) is 30.4. The van der Waals surface area contributed by atoms with E-state index in [4.69, 9.17) is 14.2 Å². The van der Waals surface area contributed by atoms with Crippen LogP contribution in [0.1, 0.15) is 303 Å². The molecule has 0 saturated heterocycles. The number of esters is 3. The largest absolute Gasteiger partial charge is 0.462 e. The van der Waals surface area contributed by atoms with E-state index in [2.05, 4.69) is 93.7 Å². The fourth-order valence-corrected chi connectivity index (χ4v) is 8.64. The number of ether oxygens (including phenoxy) is 3. The number of allylic oxidation sites excluding steroid dienone is 12. The molecule has 0 aromatic carbocycles. The summed E-state index contributed by atoms with van der Waals surface area (Å²) in [5.41, 5.74) is 0. The van der Waals surface area contributed by atoms with Gasteiger partial charge in [0.1, 0.15) is 13.2 Å². The van der Waals surface area contributed by atoms with Crippen molar-refractivity contribution in [1.82, 2.24) is 0 Å². The minimum atomic E-state index is -0.794. The molecule has 0 bridgehead atoms. The van der Waals surface area contributed by atoms with Gasteiger partial charge in [-0.05, 0) is 89.9 Å². The van der Waals surface area contributed by atoms with E-state index >= 15 is 0 Å². The second-order valence-corrected chi connectivity index (χ2v) is 20.2. The summed E-state index contributed by atoms with van der Waals surface area (Å²) in [5.74, 6) is -0.919. The first kappa shape index (κ1) is 67.8. The summed E-state index contributed by atoms with van der Waals surface area (Å²) in [6.07, 6.45) is 76.2. The van der Waals surface area contributed by atoms with E-state index in [-0.39, 0.29) is 31.1 Å². The Morgan fingerprint density at radius 2 is 0.549 bits per heavy atom. The van der Waals surface area contributed by atoms with Crippen LogP contribution in [-0.2, 0) is 28.6 Å². The maximum absolute atomic E-state index is 12.9. The summed E-state index contributed by atoms with van der Waals surface area (Å²) in [5, 5.41) is 0. The molecule has 0 aromatic heterocycles. The summed E-state index contributed by atoms with van der Waals surface area (Å²) in [4.78, 5) is 38.2. The van der Waals surface area contributed by atoms with Crippen LogP contribution in [0.15, 0.2) is 72.9 Å². The maximum Gasteiger partial charge on any atom is 0.306 e. The predicted octanol–water partition coefficient (Wildman–Crippen LogP) is 20.5. The van der Waals surface area contributed by atoms with Crippen LogP contribution < -0.4 is 0 Å². The molecule has 0 radical (unpaired) electrons. The molecule has 0 amide bonds. The van der Waals surface area contributed by atoms with Crippen molar-refractivity contribution in [3.63, 3.8) is 0 Å². The second kappa shape index (κ2) is 59.4. The molecule has 1 atom stereocenters. The predicted molar refractivity (Wildman–Crippen MR) is 307 cm³/mol. The highest BCUT2D eigenvalue weighted by atomic mass is 16.6. The summed E-state index contributed by atoms with van der Waals surface area (Å²) in [7, 11) is 0. The van der Waals surface area contributed by atoms with Gasteiger partial charge in [-0.1, -0.05) is 267 Å². The first-order chi connectivity index (χ1) is 35.0. The third kappa shape index (κ3) is 57.6. The van der Waals surface area contributed by atoms with Crippen LogP contribution in [0.25, 0.3) is 0 Å². The molecule has 0 N–H and O–H groups in total. The van der Waals surface area contributed by atoms with Gasteiger partial charge in [-0.15, -0.1) is 0 Å². The molecule has 6 nitrogen and oxygen atoms in total. The number of unbranched alkanes of at least 4 members (excludes halogenated alkanes) is 32. The zero-order valence-corrected chi connectivity index (χ0v) is 47.0. The van der Waals surface area contributed by atoms with Crippen LogP contribution in [0.4, 0.5) is 0 Å². The lowest BCUT2D eigenvalue weighted by Gasteiger charge is -2.18. The Hall–Kier alpha value is -3.15. The standard InChI is InChI=1S/C65H114O6/c1-4-7-10-13-16-19-22-25-27-29-31-32-34-35-37-40-43-46-49-52-55-58-64(67)70-61-62(60-69-63(66)57-54-51-48-45-42-39-24-21-18-15-12-9-6-3)71-65(68)59-56-53-50-47-44-41-38-36-33-30-28-26-23-20-17-14-11-8-5-2/h9,12,17-18,20-21,26,28,33,36,39,42,62H,4-8,10-11,13-16,19,22-25,27,29-32,34-35,37-38,40-41,43-61H2,1-3H3/b12-9-,20-17-,21-18-,28-26-,36-33-,42-39-. The van der Waals surface area contributed by atoms with Crippen molar-refractivity contribution in [2.75, 3.05) is 13.2 Å². The molecule has 410 valence electrons. The van der Waals surface area contributed by atoms with Crippen molar-refractivity contribution in [2.45, 2.75) is 309 Å². The van der Waals surface area contributed by atoms with E-state index in [0.29, 0.717) is 19.3 Å². The van der Waals surface area contributed by atoms with Gasteiger partial charge in [0.15, 0.2) is 6.10 Å². The lowest BCUT2D eigenvalue weighted by atomic mass is 10.0. The molecule has 0 spiro atoms. The van der Waals surface area contributed by atoms with Crippen LogP contribution in [0, 0.1) is 0 Å². The molecule has 1 unspecified atom stereocenters. The number of rotatable bonds is 55. The Labute approximate surface area is 440 Å². The molecule has 0 fully saturated rings. The van der Waals surface area contributed by atoms with Crippen LogP contribution in [0.3, 0.4) is 0 Å². The van der Waals surface area contributed by atoms with Crippen molar-refractivity contribution < 1.29 is 28.6 Å². The molecular weight excluding hydrogens is 877 g/mol. The highest BCUT2D eigenvalue weighted by Gasteiger charge is 2.19. The minimum Gasteiger partial charge on any atom is -0.462 e. The average Bonchev–Trinajstić information content (AvgIpc) is 3.37. The van der Waals surface area contributed by atoms with Crippen molar-refractivity contribution in [3.8, 4) is 0 Å². The molecule has 0 aliphatic rings. The number of carbonyl (C=O) groups is 3. The van der Waals surface area contributed by atoms with Crippen molar-refractivity contribution >= 4 is 17.9 Å². The van der Waals surface area contributed by atoms with Crippen molar-refractivity contribution in [2.24, 2.45) is 0 Å². The number of hydrogen-bond donors (Lipinski definition) is 0. The molecular formula is C65H114O6. The van der Waals surface area contributed by atoms with E-state index in [1.807, 2.05) is 0 Å². The van der Waals surface area contributed by atoms with E-state index in [1.165, 1.54) is 154 Å². The van der Waals surface area contributed by atoms with Gasteiger partial charge < -0.3 is 14.2 Å². The minimum absolute atomic E-state index is 0.0880. The zero-order chi connectivity index (χ0) is 51.4. The summed E-state index contributed by atoms with van der Waals surface area (Å²) in [6, 6.07) is 0. The van der Waals surface area contributed by atoms with Gasteiger partial charge in [-0.3, -0.25) is 14.4 Å². The average molecular weight is 992 g/mol. The van der Waals surface area contributed by atoms with E-state index in [0.717, 1.165) is 109 Å². The molecule has 0 aromatic rings. The first-order valence-corrected chi connectivity index (χ1v) is 30.4. The fourth-order valence-electron chi connectivity index (χ4n) is 8.64. The van der Waals surface area contributed by atoms with Gasteiger partial charge in [0.05, 0.1) is 0 Å². The summed E-state index contributed by atoms with van der Waals surface area (Å²) < 4.78 is 16.9. The lowest BCUT2D eigenvalue weighted by Crippen LogP contribution is -2.30. The van der Waals surface area contributed by atoms with Gasteiger partial charge in [-0.2, -0.15) is 0 Å². The summed E-state index contributed by atoms with van der Waals surface area (Å²) >= 11 is 0. The Morgan fingerprint density at radius 1 is 0.296 bits per heavy atom. The van der Waals surface area contributed by atoms with E-state index in [9.17, 15) is 14.4 Å². The highest BCUT2D eigenvalue weighted by Crippen LogP contribution is 2.17. The van der Waals surface area contributed by atoms with Gasteiger partial charge in [0.2, 0.25) is 0 Å². The Bertz CT molecular complexity index is 1320. The summed E-state index contributed by atoms with van der Waals surface area (Å²) in [6.45, 7) is 6.50. The van der Waals surface area contributed by atoms with Gasteiger partial charge >= 0.3 is 17.9 Å². The Balaban J connectivity index is 4.36. The topological polar surface area (TPSA) is 78.9 Å². The fraction of sp³-hybridized carbons (Fsp3) is 0.769. The SMILES string of the molecule is CC/C=C\C/C=C\C/C=C\CCCCCC(=O)OCC(COC(=O)CCCCCCCCCCCCCCCCCCCCCCC)OC(=O)CCCCCCCC/C=C\C/C=C\C/C=C\CCCCC. The van der Waals surface area contributed by atoms with E-state index in [1.54, 1.807) is 0 Å². The molecule has 0 aliphatic heterocycles. The molecule has 0 aliphatic carbocycles. The molecule has 0 saturated carbocycles. The van der Waals surface area contributed by atoms with E-state index < -0.39 is 6.10 Å². The third-order valence-electron chi connectivity index (χ3n) is 13.2. The van der Waals surface area contributed by atoms with Gasteiger partial charge in [-0.25, -0.2) is 0 Å². The lowest BCUT2D eigenvalue weighted by molar-refractivity contribution is -0.167. The third-order valence-corrected chi connectivity index (χ3v) is 13.2. The molecule has 6 heteroatoms. The van der Waals surface area contributed by atoms with Crippen LogP contribution in [0.2, 0.25) is 0 Å². The van der Waals surface area contributed by atoms with Gasteiger partial charge in [0, 0.05) is 19.3 Å². The number of carbonyl (C=O) groups excluding carboxylic acids is 3. The molecule has 0 rings (SSSR count). The molecule has 71 heavy (non-hydrogen) atoms. The maximum atomic E-state index is 12.9. The normalized spacial score (nSPS) is 12.5. The van der Waals surface area contributed by atoms with Crippen LogP contribution in [0.5, 0.6) is 0 Å². The Morgan fingerprint density at radius 3 is 0.901 bits per heavy atom. The smallest absolute Gasteiger partial charge is 0.306 e. The van der Waals surface area contributed by atoms with Crippen LogP contribution in [-0.4, -0.2) is 37.2 Å². The van der Waals surface area contributed by atoms with Crippen molar-refractivity contribution in [1.29, 1.82) is 0 Å². The quantitative estimate of drug-likeness (QED) is 0.0261. The Kier molecular flexibility index (Phi) is 56.8. The monoisotopic (exact) mass is 991 g/mol.